The van der Waals surface area contributed by atoms with Gasteiger partial charge in [0.15, 0.2) is 0 Å². The maximum Gasteiger partial charge on any atom is 0.272 e. The zero-order valence-electron chi connectivity index (χ0n) is 16.8. The molecule has 4 fully saturated rings. The summed E-state index contributed by atoms with van der Waals surface area (Å²) in [5.74, 6) is 1.65. The van der Waals surface area contributed by atoms with E-state index < -0.39 is 0 Å². The zero-order valence-corrected chi connectivity index (χ0v) is 16.8. The third-order valence-corrected chi connectivity index (χ3v) is 7.00. The maximum atomic E-state index is 13.4. The molecule has 2 atom stereocenters. The highest BCUT2D eigenvalue weighted by atomic mass is 16.2. The van der Waals surface area contributed by atoms with Gasteiger partial charge >= 0.3 is 0 Å². The molecule has 0 spiro atoms. The van der Waals surface area contributed by atoms with Crippen molar-refractivity contribution in [3.8, 4) is 11.3 Å². The number of carbonyl (C=O) groups excluding carboxylic acids is 1. The van der Waals surface area contributed by atoms with Crippen molar-refractivity contribution < 1.29 is 4.79 Å². The van der Waals surface area contributed by atoms with Crippen molar-refractivity contribution in [3.05, 3.63) is 42.1 Å². The Morgan fingerprint density at radius 2 is 1.89 bits per heavy atom. The van der Waals surface area contributed by atoms with E-state index in [0.717, 1.165) is 30.3 Å². The Hall–Kier alpha value is -2.14. The zero-order chi connectivity index (χ0) is 19.1. The van der Waals surface area contributed by atoms with E-state index in [9.17, 15) is 4.79 Å². The van der Waals surface area contributed by atoms with Crippen LogP contribution in [0.25, 0.3) is 11.3 Å². The second-order valence-corrected chi connectivity index (χ2v) is 8.96. The largest absolute Gasteiger partial charge is 0.335 e. The number of carbonyl (C=O) groups is 1. The number of aromatic nitrogens is 2. The second-order valence-electron chi connectivity index (χ2n) is 8.96. The van der Waals surface area contributed by atoms with Crippen molar-refractivity contribution in [2.75, 3.05) is 26.2 Å². The Morgan fingerprint density at radius 3 is 2.64 bits per heavy atom. The van der Waals surface area contributed by atoms with Crippen molar-refractivity contribution >= 4 is 5.91 Å². The number of hydrogen-bond acceptors (Lipinski definition) is 3. The van der Waals surface area contributed by atoms with E-state index >= 15 is 0 Å². The molecule has 1 saturated carbocycles. The summed E-state index contributed by atoms with van der Waals surface area (Å²) in [6, 6.07) is 12.6. The highest BCUT2D eigenvalue weighted by Gasteiger charge is 2.38. The fraction of sp³-hybridized carbons (Fsp3) is 0.565. The first-order valence-corrected chi connectivity index (χ1v) is 10.8. The normalized spacial score (nSPS) is 25.5. The summed E-state index contributed by atoms with van der Waals surface area (Å²) in [5.41, 5.74) is 2.63. The predicted molar refractivity (Wildman–Crippen MR) is 110 cm³/mol. The third-order valence-electron chi connectivity index (χ3n) is 7.00. The van der Waals surface area contributed by atoms with Crippen LogP contribution in [-0.2, 0) is 7.05 Å². The van der Waals surface area contributed by atoms with Crippen molar-refractivity contribution in [2.45, 2.75) is 38.1 Å². The van der Waals surface area contributed by atoms with E-state index in [1.165, 1.54) is 45.2 Å². The molecular weight excluding hydrogens is 348 g/mol. The lowest BCUT2D eigenvalue weighted by Crippen LogP contribution is -2.47. The average Bonchev–Trinajstić information content (AvgIpc) is 2.86. The Morgan fingerprint density at radius 1 is 1.07 bits per heavy atom. The van der Waals surface area contributed by atoms with Gasteiger partial charge in [0.2, 0.25) is 0 Å². The quantitative estimate of drug-likeness (QED) is 0.819. The van der Waals surface area contributed by atoms with E-state index in [0.29, 0.717) is 17.7 Å². The third kappa shape index (κ3) is 3.37. The van der Waals surface area contributed by atoms with Crippen LogP contribution in [0.3, 0.4) is 0 Å². The van der Waals surface area contributed by atoms with Crippen LogP contribution in [0.2, 0.25) is 0 Å². The van der Waals surface area contributed by atoms with Crippen molar-refractivity contribution in [2.24, 2.45) is 18.9 Å². The molecule has 1 aromatic carbocycles. The van der Waals surface area contributed by atoms with Crippen molar-refractivity contribution in [3.63, 3.8) is 0 Å². The molecule has 2 aromatic rings. The van der Waals surface area contributed by atoms with Gasteiger partial charge in [0, 0.05) is 44.8 Å². The Labute approximate surface area is 167 Å². The first kappa shape index (κ1) is 17.9. The van der Waals surface area contributed by atoms with Gasteiger partial charge in [-0.15, -0.1) is 0 Å². The monoisotopic (exact) mass is 378 g/mol. The molecule has 0 N–H and O–H groups in total. The summed E-state index contributed by atoms with van der Waals surface area (Å²) in [7, 11) is 1.88. The minimum Gasteiger partial charge on any atom is -0.335 e. The molecule has 4 aliphatic rings. The first-order valence-electron chi connectivity index (χ1n) is 10.8. The summed E-state index contributed by atoms with van der Waals surface area (Å²) in [5, 5.41) is 4.61. The number of aryl methyl sites for hydroxylation is 1. The lowest BCUT2D eigenvalue weighted by molar-refractivity contribution is 0.0707. The van der Waals surface area contributed by atoms with Crippen LogP contribution in [0.1, 0.15) is 42.6 Å². The minimum atomic E-state index is 0.138. The molecule has 5 heteroatoms. The first-order chi connectivity index (χ1) is 13.7. The van der Waals surface area contributed by atoms with Crippen LogP contribution in [0.5, 0.6) is 0 Å². The number of piperidine rings is 1. The van der Waals surface area contributed by atoms with Crippen LogP contribution < -0.4 is 0 Å². The molecule has 148 valence electrons. The molecule has 1 aliphatic carbocycles. The fourth-order valence-corrected chi connectivity index (χ4v) is 5.15. The van der Waals surface area contributed by atoms with Gasteiger partial charge in [-0.05, 0) is 43.6 Å². The highest BCUT2D eigenvalue weighted by Crippen LogP contribution is 2.33. The smallest absolute Gasteiger partial charge is 0.272 e. The van der Waals surface area contributed by atoms with Gasteiger partial charge in [0.25, 0.3) is 5.91 Å². The van der Waals surface area contributed by atoms with Gasteiger partial charge in [0.05, 0.1) is 5.69 Å². The SMILES string of the molecule is Cn1nc(-c2ccccc2)cc1C(=O)N1C[C@@H]2CC[C@H](C1)N(CC1CCC1)C2. The molecule has 1 amide bonds. The molecular formula is C23H30N4O. The molecule has 0 unspecified atom stereocenters. The van der Waals surface area contributed by atoms with Crippen molar-refractivity contribution in [1.29, 1.82) is 0 Å². The lowest BCUT2D eigenvalue weighted by Gasteiger charge is -2.40. The van der Waals surface area contributed by atoms with E-state index in [-0.39, 0.29) is 5.91 Å². The second kappa shape index (κ2) is 7.36. The molecule has 5 nitrogen and oxygen atoms in total. The Kier molecular flexibility index (Phi) is 4.71. The fourth-order valence-electron chi connectivity index (χ4n) is 5.15. The van der Waals surface area contributed by atoms with E-state index in [1.54, 1.807) is 4.68 Å². The number of rotatable bonds is 4. The molecule has 6 rings (SSSR count). The van der Waals surface area contributed by atoms with Crippen LogP contribution in [0.4, 0.5) is 0 Å². The summed E-state index contributed by atoms with van der Waals surface area (Å²) < 4.78 is 1.75. The average molecular weight is 379 g/mol. The number of benzene rings is 1. The summed E-state index contributed by atoms with van der Waals surface area (Å²) in [4.78, 5) is 18.2. The topological polar surface area (TPSA) is 41.4 Å². The van der Waals surface area contributed by atoms with E-state index in [4.69, 9.17) is 0 Å². The molecule has 1 aromatic heterocycles. The van der Waals surface area contributed by atoms with Crippen molar-refractivity contribution in [1.82, 2.24) is 19.6 Å². The van der Waals surface area contributed by atoms with Gasteiger partial charge < -0.3 is 4.90 Å². The van der Waals surface area contributed by atoms with Gasteiger partial charge in [-0.3, -0.25) is 14.4 Å². The highest BCUT2D eigenvalue weighted by molar-refractivity contribution is 5.93. The molecule has 2 bridgehead atoms. The van der Waals surface area contributed by atoms with Crippen LogP contribution >= 0.6 is 0 Å². The minimum absolute atomic E-state index is 0.138. The lowest BCUT2D eigenvalue weighted by atomic mass is 9.83. The number of nitrogens with zero attached hydrogens (tertiary/aromatic N) is 4. The summed E-state index contributed by atoms with van der Waals surface area (Å²) >= 11 is 0. The predicted octanol–water partition coefficient (Wildman–Crippen LogP) is 3.42. The standard InChI is InChI=1S/C23H30N4O/c1-25-22(12-21(24-25)19-8-3-2-4-9-19)23(28)27-15-18-10-11-20(16-27)26(14-18)13-17-6-5-7-17/h2-4,8-9,12,17-18,20H,5-7,10-11,13-16H2,1H3/t18-,20-/m1/s1. The Balaban J connectivity index is 1.34. The molecule has 0 radical (unpaired) electrons. The number of hydrogen-bond donors (Lipinski definition) is 0. The molecule has 3 saturated heterocycles. The van der Waals surface area contributed by atoms with Crippen LogP contribution in [-0.4, -0.2) is 57.7 Å². The molecule has 4 heterocycles. The van der Waals surface area contributed by atoms with Gasteiger partial charge in [-0.1, -0.05) is 36.8 Å². The van der Waals surface area contributed by atoms with Crippen LogP contribution in [0, 0.1) is 11.8 Å². The Bertz CT molecular complexity index is 842. The summed E-state index contributed by atoms with van der Waals surface area (Å²) in [6.45, 7) is 4.18. The van der Waals surface area contributed by atoms with E-state index in [1.807, 2.05) is 43.4 Å². The van der Waals surface area contributed by atoms with Crippen LogP contribution in [0.15, 0.2) is 36.4 Å². The molecule has 3 aliphatic heterocycles. The summed E-state index contributed by atoms with van der Waals surface area (Å²) in [6.07, 6.45) is 6.70. The maximum absolute atomic E-state index is 13.4. The van der Waals surface area contributed by atoms with Gasteiger partial charge in [0.1, 0.15) is 5.69 Å². The number of amides is 1. The van der Waals surface area contributed by atoms with Gasteiger partial charge in [-0.2, -0.15) is 5.10 Å². The van der Waals surface area contributed by atoms with E-state index in [2.05, 4.69) is 14.9 Å². The van der Waals surface area contributed by atoms with Gasteiger partial charge in [-0.25, -0.2) is 0 Å². The molecule has 28 heavy (non-hydrogen) atoms. The number of fused-ring (bicyclic) bond motifs is 4.